The Morgan fingerprint density at radius 2 is 1.90 bits per heavy atom. The maximum Gasteiger partial charge on any atom is 0.221 e. The first kappa shape index (κ1) is 20.0. The highest BCUT2D eigenvalue weighted by molar-refractivity contribution is 6.02. The van der Waals surface area contributed by atoms with Crippen molar-refractivity contribution in [2.24, 2.45) is 0 Å². The van der Waals surface area contributed by atoms with Gasteiger partial charge in [-0.15, -0.1) is 0 Å². The van der Waals surface area contributed by atoms with Crippen molar-refractivity contribution in [2.75, 3.05) is 13.6 Å². The number of pyridine rings is 1. The van der Waals surface area contributed by atoms with E-state index in [1.807, 2.05) is 37.4 Å². The van der Waals surface area contributed by atoms with Gasteiger partial charge in [-0.05, 0) is 30.3 Å². The van der Waals surface area contributed by atoms with Crippen LogP contribution in [0.25, 0.3) is 11.3 Å². The fraction of sp³-hybridized carbons (Fsp3) is 0.292. The van der Waals surface area contributed by atoms with Crippen LogP contribution < -0.4 is 10.6 Å². The number of Topliss-reactive ketones (excluding diaryl/α,β-unsaturated/α-hetero) is 1. The van der Waals surface area contributed by atoms with Gasteiger partial charge in [-0.3, -0.25) is 14.6 Å². The largest absolute Gasteiger partial charge is 0.357 e. The smallest absolute Gasteiger partial charge is 0.221 e. The molecule has 2 aromatic heterocycles. The summed E-state index contributed by atoms with van der Waals surface area (Å²) in [6, 6.07) is 13.9. The van der Waals surface area contributed by atoms with Crippen molar-refractivity contribution in [3.63, 3.8) is 0 Å². The van der Waals surface area contributed by atoms with E-state index in [2.05, 4.69) is 32.7 Å². The number of ketones is 1. The van der Waals surface area contributed by atoms with Gasteiger partial charge in [-0.25, -0.2) is 0 Å². The number of rotatable bonds is 7. The Bertz CT molecular complexity index is 1030. The second-order valence-corrected chi connectivity index (χ2v) is 7.68. The van der Waals surface area contributed by atoms with Crippen molar-refractivity contribution < 1.29 is 9.59 Å². The topological polar surface area (TPSA) is 86.9 Å². The first-order valence-electron chi connectivity index (χ1n) is 10.3. The summed E-state index contributed by atoms with van der Waals surface area (Å²) < 4.78 is 0. The lowest BCUT2D eigenvalue weighted by molar-refractivity contribution is -0.121. The summed E-state index contributed by atoms with van der Waals surface area (Å²) in [5.41, 5.74) is 5.83. The standard InChI is InChI=1S/C24H26N4O2/c1-25-10-9-22(30)27-18-14-20-23(21(29)15-18)19(13-16-5-3-2-4-6-16)24(28-20)17-7-11-26-12-8-17/h2-8,11-12,18,25,28H,9-10,13-15H2,1H3,(H,27,30). The van der Waals surface area contributed by atoms with E-state index in [9.17, 15) is 9.59 Å². The molecule has 154 valence electrons. The van der Waals surface area contributed by atoms with Crippen LogP contribution in [0.1, 0.15) is 40.0 Å². The molecule has 3 N–H and O–H groups in total. The van der Waals surface area contributed by atoms with Crippen molar-refractivity contribution in [2.45, 2.75) is 31.7 Å². The van der Waals surface area contributed by atoms with Gasteiger partial charge >= 0.3 is 0 Å². The molecule has 1 aliphatic rings. The first-order chi connectivity index (χ1) is 14.7. The third-order valence-electron chi connectivity index (χ3n) is 5.50. The van der Waals surface area contributed by atoms with Gasteiger partial charge < -0.3 is 15.6 Å². The summed E-state index contributed by atoms with van der Waals surface area (Å²) in [4.78, 5) is 32.9. The molecule has 4 rings (SSSR count). The predicted molar refractivity (Wildman–Crippen MR) is 116 cm³/mol. The minimum absolute atomic E-state index is 0.0315. The molecule has 30 heavy (non-hydrogen) atoms. The van der Waals surface area contributed by atoms with Crippen molar-refractivity contribution >= 4 is 11.7 Å². The number of amides is 1. The number of carbonyl (C=O) groups excluding carboxylic acids is 2. The van der Waals surface area contributed by atoms with Crippen LogP contribution >= 0.6 is 0 Å². The van der Waals surface area contributed by atoms with Crippen LogP contribution in [-0.4, -0.2) is 41.3 Å². The fourth-order valence-electron chi connectivity index (χ4n) is 4.11. The minimum Gasteiger partial charge on any atom is -0.357 e. The lowest BCUT2D eigenvalue weighted by atomic mass is 9.87. The van der Waals surface area contributed by atoms with E-state index in [4.69, 9.17) is 0 Å². The lowest BCUT2D eigenvalue weighted by Gasteiger charge is -2.23. The number of hydrogen-bond donors (Lipinski definition) is 3. The normalized spacial score (nSPS) is 15.6. The maximum atomic E-state index is 13.2. The molecular weight excluding hydrogens is 376 g/mol. The van der Waals surface area contributed by atoms with Crippen molar-refractivity contribution in [3.05, 3.63) is 77.2 Å². The van der Waals surface area contributed by atoms with Crippen molar-refractivity contribution in [1.29, 1.82) is 0 Å². The van der Waals surface area contributed by atoms with Crippen LogP contribution in [0.5, 0.6) is 0 Å². The molecule has 0 aliphatic heterocycles. The molecule has 3 aromatic rings. The van der Waals surface area contributed by atoms with Gasteiger partial charge in [-0.1, -0.05) is 30.3 Å². The molecule has 1 unspecified atom stereocenters. The predicted octanol–water partition coefficient (Wildman–Crippen LogP) is 2.89. The van der Waals surface area contributed by atoms with Gasteiger partial charge in [0.15, 0.2) is 5.78 Å². The highest BCUT2D eigenvalue weighted by atomic mass is 16.2. The van der Waals surface area contributed by atoms with Crippen LogP contribution in [0.3, 0.4) is 0 Å². The summed E-state index contributed by atoms with van der Waals surface area (Å²) in [6.07, 6.45) is 5.55. The van der Waals surface area contributed by atoms with Gasteiger partial charge in [0.1, 0.15) is 0 Å². The van der Waals surface area contributed by atoms with E-state index in [1.165, 1.54) is 0 Å². The molecule has 0 saturated heterocycles. The van der Waals surface area contributed by atoms with Crippen LogP contribution in [0, 0.1) is 0 Å². The monoisotopic (exact) mass is 402 g/mol. The number of nitrogens with one attached hydrogen (secondary N) is 3. The van der Waals surface area contributed by atoms with Gasteiger partial charge in [-0.2, -0.15) is 0 Å². The molecule has 1 aromatic carbocycles. The zero-order valence-corrected chi connectivity index (χ0v) is 17.1. The van der Waals surface area contributed by atoms with Crippen LogP contribution in [-0.2, 0) is 17.6 Å². The third kappa shape index (κ3) is 4.33. The van der Waals surface area contributed by atoms with Gasteiger partial charge in [0, 0.05) is 67.5 Å². The Kier molecular flexibility index (Phi) is 6.05. The van der Waals surface area contributed by atoms with Crippen molar-refractivity contribution in [1.82, 2.24) is 20.6 Å². The number of benzene rings is 1. The number of aromatic nitrogens is 2. The molecule has 2 heterocycles. The highest BCUT2D eigenvalue weighted by Gasteiger charge is 2.32. The Labute approximate surface area is 176 Å². The van der Waals surface area contributed by atoms with Crippen LogP contribution in [0.4, 0.5) is 0 Å². The number of carbonyl (C=O) groups is 2. The van der Waals surface area contributed by atoms with Crippen molar-refractivity contribution in [3.8, 4) is 11.3 Å². The molecular formula is C24H26N4O2. The van der Waals surface area contributed by atoms with E-state index < -0.39 is 0 Å². The maximum absolute atomic E-state index is 13.2. The minimum atomic E-state index is -0.178. The van der Waals surface area contributed by atoms with Crippen LogP contribution in [0.2, 0.25) is 0 Å². The van der Waals surface area contributed by atoms with Gasteiger partial charge in [0.05, 0.1) is 5.69 Å². The number of nitrogens with zero attached hydrogens (tertiary/aromatic N) is 1. The zero-order chi connectivity index (χ0) is 20.9. The van der Waals surface area contributed by atoms with E-state index in [1.54, 1.807) is 12.4 Å². The number of aromatic amines is 1. The van der Waals surface area contributed by atoms with E-state index in [0.717, 1.165) is 33.6 Å². The third-order valence-corrected chi connectivity index (χ3v) is 5.50. The molecule has 1 amide bonds. The summed E-state index contributed by atoms with van der Waals surface area (Å²) in [7, 11) is 1.82. The van der Waals surface area contributed by atoms with E-state index in [-0.39, 0.29) is 17.7 Å². The summed E-state index contributed by atoms with van der Waals surface area (Å²) in [5, 5.41) is 5.99. The number of H-pyrrole nitrogens is 1. The molecule has 6 nitrogen and oxygen atoms in total. The number of hydrogen-bond acceptors (Lipinski definition) is 4. The summed E-state index contributed by atoms with van der Waals surface area (Å²) >= 11 is 0. The van der Waals surface area contributed by atoms with Gasteiger partial charge in [0.2, 0.25) is 5.91 Å². The Balaban J connectivity index is 1.67. The van der Waals surface area contributed by atoms with E-state index in [0.29, 0.717) is 32.2 Å². The fourth-order valence-corrected chi connectivity index (χ4v) is 4.11. The summed E-state index contributed by atoms with van der Waals surface area (Å²) in [6.45, 7) is 0.619. The summed E-state index contributed by atoms with van der Waals surface area (Å²) in [5.74, 6) is 0.0497. The van der Waals surface area contributed by atoms with E-state index >= 15 is 0 Å². The van der Waals surface area contributed by atoms with Gasteiger partial charge in [0.25, 0.3) is 0 Å². The molecule has 0 radical (unpaired) electrons. The van der Waals surface area contributed by atoms with Crippen LogP contribution in [0.15, 0.2) is 54.9 Å². The SMILES string of the molecule is CNCCC(=O)NC1CC(=O)c2c([nH]c(-c3ccncc3)c2Cc2ccccc2)C1. The molecule has 0 spiro atoms. The lowest BCUT2D eigenvalue weighted by Crippen LogP contribution is -2.41. The molecule has 0 saturated carbocycles. The Morgan fingerprint density at radius 3 is 2.63 bits per heavy atom. The quantitative estimate of drug-likeness (QED) is 0.567. The Morgan fingerprint density at radius 1 is 1.13 bits per heavy atom. The molecule has 1 atom stereocenters. The second-order valence-electron chi connectivity index (χ2n) is 7.68. The Hall–Kier alpha value is -3.25. The molecule has 0 fully saturated rings. The molecule has 6 heteroatoms. The second kappa shape index (κ2) is 9.05. The molecule has 0 bridgehead atoms. The highest BCUT2D eigenvalue weighted by Crippen LogP contribution is 2.34. The average molecular weight is 402 g/mol. The number of fused-ring (bicyclic) bond motifs is 1. The molecule has 1 aliphatic carbocycles. The zero-order valence-electron chi connectivity index (χ0n) is 17.1. The average Bonchev–Trinajstić information content (AvgIpc) is 3.12. The first-order valence-corrected chi connectivity index (χ1v) is 10.3.